The average molecular weight is 348 g/mol. The Morgan fingerprint density at radius 2 is 1.68 bits per heavy atom. The van der Waals surface area contributed by atoms with Gasteiger partial charge in [-0.05, 0) is 43.4 Å². The molecule has 6 nitrogen and oxygen atoms in total. The van der Waals surface area contributed by atoms with Gasteiger partial charge >= 0.3 is 0 Å². The van der Waals surface area contributed by atoms with E-state index in [-0.39, 0.29) is 11.8 Å². The summed E-state index contributed by atoms with van der Waals surface area (Å²) in [4.78, 5) is 24.6. The van der Waals surface area contributed by atoms with E-state index in [4.69, 9.17) is 9.47 Å². The maximum atomic E-state index is 12.4. The Labute approximate surface area is 149 Å². The molecular formula is C19H28N2O4. The van der Waals surface area contributed by atoms with Crippen LogP contribution in [0.15, 0.2) is 18.2 Å². The summed E-state index contributed by atoms with van der Waals surface area (Å²) in [6.07, 6.45) is 3.88. The van der Waals surface area contributed by atoms with Crippen LogP contribution in [-0.2, 0) is 16.0 Å². The summed E-state index contributed by atoms with van der Waals surface area (Å²) >= 11 is 0. The Kier molecular flexibility index (Phi) is 6.67. The van der Waals surface area contributed by atoms with Crippen LogP contribution in [0.4, 0.5) is 0 Å². The fraction of sp³-hybridized carbons (Fsp3) is 0.579. The van der Waals surface area contributed by atoms with Gasteiger partial charge in [0.25, 0.3) is 0 Å². The number of carbonyl (C=O) groups is 2. The van der Waals surface area contributed by atoms with Gasteiger partial charge in [-0.2, -0.15) is 0 Å². The maximum Gasteiger partial charge on any atom is 0.235 e. The third-order valence-corrected chi connectivity index (χ3v) is 4.58. The fourth-order valence-electron chi connectivity index (χ4n) is 2.76. The Morgan fingerprint density at radius 1 is 1.04 bits per heavy atom. The molecule has 2 rings (SSSR count). The molecule has 0 atom stereocenters. The Balaban J connectivity index is 1.83. The second kappa shape index (κ2) is 8.74. The zero-order valence-corrected chi connectivity index (χ0v) is 15.3. The molecule has 6 heteroatoms. The first-order valence-electron chi connectivity index (χ1n) is 8.85. The molecular weight excluding hydrogens is 320 g/mol. The van der Waals surface area contributed by atoms with E-state index in [9.17, 15) is 9.59 Å². The van der Waals surface area contributed by atoms with Crippen molar-refractivity contribution in [2.75, 3.05) is 27.3 Å². The molecule has 0 unspecified atom stereocenters. The van der Waals surface area contributed by atoms with E-state index in [1.54, 1.807) is 14.2 Å². The van der Waals surface area contributed by atoms with E-state index in [0.717, 1.165) is 18.4 Å². The van der Waals surface area contributed by atoms with Crippen molar-refractivity contribution >= 4 is 11.8 Å². The van der Waals surface area contributed by atoms with Crippen molar-refractivity contribution in [1.29, 1.82) is 0 Å². The van der Waals surface area contributed by atoms with Gasteiger partial charge in [0, 0.05) is 13.1 Å². The highest BCUT2D eigenvalue weighted by Crippen LogP contribution is 2.46. The molecule has 1 aliphatic carbocycles. The lowest BCUT2D eigenvalue weighted by Crippen LogP contribution is -2.43. The summed E-state index contributed by atoms with van der Waals surface area (Å²) in [5.41, 5.74) is 0.195. The summed E-state index contributed by atoms with van der Waals surface area (Å²) in [6, 6.07) is 5.69. The number of carbonyl (C=O) groups excluding carboxylic acids is 2. The van der Waals surface area contributed by atoms with E-state index in [2.05, 4.69) is 17.6 Å². The highest BCUT2D eigenvalue weighted by Gasteiger charge is 2.56. The van der Waals surface area contributed by atoms with Gasteiger partial charge in [0.15, 0.2) is 11.5 Å². The minimum absolute atomic E-state index is 0.135. The van der Waals surface area contributed by atoms with Crippen LogP contribution in [0.3, 0.4) is 0 Å². The highest BCUT2D eigenvalue weighted by atomic mass is 16.5. The van der Waals surface area contributed by atoms with E-state index in [1.165, 1.54) is 0 Å². The van der Waals surface area contributed by atoms with Crippen LogP contribution >= 0.6 is 0 Å². The minimum Gasteiger partial charge on any atom is -0.493 e. The number of amides is 2. The smallest absolute Gasteiger partial charge is 0.235 e. The van der Waals surface area contributed by atoms with Gasteiger partial charge in [-0.1, -0.05) is 19.4 Å². The molecule has 138 valence electrons. The standard InChI is InChI=1S/C19H28N2O4/c1-4-5-11-20-17(22)19(9-10-19)18(23)21-12-8-14-6-7-15(24-2)16(13-14)25-3/h6-7,13H,4-5,8-12H2,1-3H3,(H,20,22)(H,21,23). The van der Waals surface area contributed by atoms with Gasteiger partial charge in [-0.25, -0.2) is 0 Å². The molecule has 25 heavy (non-hydrogen) atoms. The lowest BCUT2D eigenvalue weighted by molar-refractivity contribution is -0.137. The normalized spacial score (nSPS) is 14.5. The molecule has 0 aromatic heterocycles. The number of nitrogens with one attached hydrogen (secondary N) is 2. The summed E-state index contributed by atoms with van der Waals surface area (Å²) in [5, 5.41) is 5.77. The largest absolute Gasteiger partial charge is 0.493 e. The van der Waals surface area contributed by atoms with Crippen LogP contribution in [-0.4, -0.2) is 39.1 Å². The zero-order chi connectivity index (χ0) is 18.3. The zero-order valence-electron chi connectivity index (χ0n) is 15.3. The molecule has 1 aromatic rings. The van der Waals surface area contributed by atoms with Gasteiger partial charge in [0.1, 0.15) is 5.41 Å². The summed E-state index contributed by atoms with van der Waals surface area (Å²) in [6.45, 7) is 3.19. The molecule has 0 spiro atoms. The number of unbranched alkanes of at least 4 members (excludes halogenated alkanes) is 1. The van der Waals surface area contributed by atoms with E-state index < -0.39 is 5.41 Å². The number of hydrogen-bond donors (Lipinski definition) is 2. The third-order valence-electron chi connectivity index (χ3n) is 4.58. The van der Waals surface area contributed by atoms with Crippen molar-refractivity contribution in [2.45, 2.75) is 39.0 Å². The number of hydrogen-bond acceptors (Lipinski definition) is 4. The van der Waals surface area contributed by atoms with Gasteiger partial charge in [-0.15, -0.1) is 0 Å². The molecule has 2 N–H and O–H groups in total. The molecule has 1 fully saturated rings. The Morgan fingerprint density at radius 3 is 2.24 bits per heavy atom. The number of rotatable bonds is 10. The molecule has 1 aliphatic rings. The van der Waals surface area contributed by atoms with Crippen LogP contribution < -0.4 is 20.1 Å². The second-order valence-electron chi connectivity index (χ2n) is 6.39. The van der Waals surface area contributed by atoms with Gasteiger partial charge in [0.05, 0.1) is 14.2 Å². The summed E-state index contributed by atoms with van der Waals surface area (Å²) in [7, 11) is 3.19. The van der Waals surface area contributed by atoms with Crippen LogP contribution in [0.25, 0.3) is 0 Å². The van der Waals surface area contributed by atoms with Gasteiger partial charge in [-0.3, -0.25) is 9.59 Å². The van der Waals surface area contributed by atoms with Crippen molar-refractivity contribution in [1.82, 2.24) is 10.6 Å². The van der Waals surface area contributed by atoms with Gasteiger partial charge < -0.3 is 20.1 Å². The minimum atomic E-state index is -0.842. The van der Waals surface area contributed by atoms with E-state index >= 15 is 0 Å². The molecule has 0 radical (unpaired) electrons. The predicted octanol–water partition coefficient (Wildman–Crippen LogP) is 2.06. The molecule has 0 saturated heterocycles. The predicted molar refractivity (Wildman–Crippen MR) is 95.8 cm³/mol. The quantitative estimate of drug-likeness (QED) is 0.501. The molecule has 2 amide bonds. The first-order chi connectivity index (χ1) is 12.1. The average Bonchev–Trinajstić information content (AvgIpc) is 3.43. The first kappa shape index (κ1) is 19.1. The number of benzene rings is 1. The SMILES string of the molecule is CCCCNC(=O)C1(C(=O)NCCc2ccc(OC)c(OC)c2)CC1. The Hall–Kier alpha value is -2.24. The monoisotopic (exact) mass is 348 g/mol. The van der Waals surface area contributed by atoms with Crippen molar-refractivity contribution in [3.05, 3.63) is 23.8 Å². The molecule has 0 heterocycles. The van der Waals surface area contributed by atoms with Crippen molar-refractivity contribution < 1.29 is 19.1 Å². The molecule has 1 saturated carbocycles. The molecule has 0 aliphatic heterocycles. The first-order valence-corrected chi connectivity index (χ1v) is 8.85. The van der Waals surface area contributed by atoms with Gasteiger partial charge in [0.2, 0.25) is 11.8 Å². The highest BCUT2D eigenvalue weighted by molar-refractivity contribution is 6.07. The maximum absolute atomic E-state index is 12.4. The molecule has 1 aromatic carbocycles. The number of ether oxygens (including phenoxy) is 2. The van der Waals surface area contributed by atoms with Crippen LogP contribution in [0.5, 0.6) is 11.5 Å². The summed E-state index contributed by atoms with van der Waals surface area (Å²) in [5.74, 6) is 1.04. The van der Waals surface area contributed by atoms with E-state index in [1.807, 2.05) is 18.2 Å². The second-order valence-corrected chi connectivity index (χ2v) is 6.39. The third kappa shape index (κ3) is 4.65. The summed E-state index contributed by atoms with van der Waals surface area (Å²) < 4.78 is 10.5. The Bertz CT molecular complexity index is 611. The van der Waals surface area contributed by atoms with Crippen LogP contribution in [0.1, 0.15) is 38.2 Å². The van der Waals surface area contributed by atoms with Crippen LogP contribution in [0, 0.1) is 5.41 Å². The van der Waals surface area contributed by atoms with Crippen LogP contribution in [0.2, 0.25) is 0 Å². The van der Waals surface area contributed by atoms with E-state index in [0.29, 0.717) is 43.9 Å². The number of methoxy groups -OCH3 is 2. The van der Waals surface area contributed by atoms with Crippen molar-refractivity contribution in [3.8, 4) is 11.5 Å². The van der Waals surface area contributed by atoms with Crippen molar-refractivity contribution in [3.63, 3.8) is 0 Å². The topological polar surface area (TPSA) is 76.7 Å². The lowest BCUT2D eigenvalue weighted by atomic mass is 10.0. The lowest BCUT2D eigenvalue weighted by Gasteiger charge is -2.15. The van der Waals surface area contributed by atoms with Crippen molar-refractivity contribution in [2.24, 2.45) is 5.41 Å². The molecule has 0 bridgehead atoms. The fourth-order valence-corrected chi connectivity index (χ4v) is 2.76.